The molecule has 0 aliphatic rings. The average molecular weight is 348 g/mol. The van der Waals surface area contributed by atoms with Crippen LogP contribution < -0.4 is 5.32 Å². The van der Waals surface area contributed by atoms with Gasteiger partial charge in [-0.05, 0) is 42.7 Å². The van der Waals surface area contributed by atoms with Crippen LogP contribution in [0.25, 0.3) is 10.9 Å². The maximum absolute atomic E-state index is 12.5. The highest BCUT2D eigenvalue weighted by Gasteiger charge is 2.21. The number of hydrogen-bond acceptors (Lipinski definition) is 3. The molecule has 1 heterocycles. The zero-order valence-electron chi connectivity index (χ0n) is 14.7. The summed E-state index contributed by atoms with van der Waals surface area (Å²) in [5.74, 6) is -1.51. The van der Waals surface area contributed by atoms with Gasteiger partial charge in [0.25, 0.3) is 5.91 Å². The highest BCUT2D eigenvalue weighted by atomic mass is 16.4. The molecule has 3 rings (SSSR count). The molecule has 1 aromatic heterocycles. The lowest BCUT2D eigenvalue weighted by atomic mass is 10.0. The number of fused-ring (bicyclic) bond motifs is 1. The zero-order valence-corrected chi connectivity index (χ0v) is 14.7. The van der Waals surface area contributed by atoms with E-state index in [4.69, 9.17) is 0 Å². The number of aryl methyl sites for hydroxylation is 2. The number of carbonyl (C=O) groups excluding carboxylic acids is 1. The van der Waals surface area contributed by atoms with E-state index in [-0.39, 0.29) is 6.42 Å². The Morgan fingerprint density at radius 1 is 1.08 bits per heavy atom. The van der Waals surface area contributed by atoms with Crippen LogP contribution in [0.4, 0.5) is 0 Å². The van der Waals surface area contributed by atoms with Gasteiger partial charge in [0.1, 0.15) is 6.04 Å². The van der Waals surface area contributed by atoms with E-state index in [0.717, 1.165) is 27.6 Å². The minimum Gasteiger partial charge on any atom is -0.480 e. The van der Waals surface area contributed by atoms with Crippen LogP contribution in [0.5, 0.6) is 0 Å². The number of nitrogens with zero attached hydrogens (tertiary/aromatic N) is 1. The topological polar surface area (TPSA) is 79.3 Å². The van der Waals surface area contributed by atoms with Gasteiger partial charge < -0.3 is 10.4 Å². The zero-order chi connectivity index (χ0) is 18.7. The third-order valence-electron chi connectivity index (χ3n) is 4.47. The second kappa shape index (κ2) is 7.35. The van der Waals surface area contributed by atoms with Gasteiger partial charge in [-0.2, -0.15) is 0 Å². The summed E-state index contributed by atoms with van der Waals surface area (Å²) < 4.78 is 0. The van der Waals surface area contributed by atoms with Crippen molar-refractivity contribution in [2.75, 3.05) is 0 Å². The number of hydrogen-bond donors (Lipinski definition) is 2. The maximum atomic E-state index is 12.5. The van der Waals surface area contributed by atoms with Gasteiger partial charge in [0.2, 0.25) is 0 Å². The molecule has 0 spiro atoms. The van der Waals surface area contributed by atoms with Gasteiger partial charge in [0.15, 0.2) is 0 Å². The number of amides is 1. The molecule has 0 aliphatic heterocycles. The van der Waals surface area contributed by atoms with Gasteiger partial charge in [-0.3, -0.25) is 9.78 Å². The summed E-state index contributed by atoms with van der Waals surface area (Å²) in [4.78, 5) is 28.4. The molecule has 5 heteroatoms. The second-order valence-electron chi connectivity index (χ2n) is 6.40. The Bertz CT molecular complexity index is 982. The summed E-state index contributed by atoms with van der Waals surface area (Å²) in [5, 5.41) is 12.9. The minimum atomic E-state index is -1.06. The SMILES string of the molecule is Cc1ccc(C[C@H](NC(=O)c2cnc3ccccc3c2)C(=O)O)cc1C. The van der Waals surface area contributed by atoms with Crippen molar-refractivity contribution < 1.29 is 14.7 Å². The first kappa shape index (κ1) is 17.6. The Labute approximate surface area is 151 Å². The number of aliphatic carboxylic acids is 1. The predicted molar refractivity (Wildman–Crippen MR) is 100 cm³/mol. The van der Waals surface area contributed by atoms with E-state index < -0.39 is 17.9 Å². The van der Waals surface area contributed by atoms with Crippen molar-refractivity contribution in [2.45, 2.75) is 26.3 Å². The van der Waals surface area contributed by atoms with Crippen molar-refractivity contribution in [3.63, 3.8) is 0 Å². The number of pyridine rings is 1. The summed E-state index contributed by atoms with van der Waals surface area (Å²) in [6, 6.07) is 14.0. The van der Waals surface area contributed by atoms with Gasteiger partial charge in [-0.15, -0.1) is 0 Å². The third kappa shape index (κ3) is 3.88. The summed E-state index contributed by atoms with van der Waals surface area (Å²) >= 11 is 0. The minimum absolute atomic E-state index is 0.225. The number of carbonyl (C=O) groups is 2. The highest BCUT2D eigenvalue weighted by Crippen LogP contribution is 2.14. The van der Waals surface area contributed by atoms with Crippen LogP contribution in [0.1, 0.15) is 27.0 Å². The predicted octanol–water partition coefficient (Wildman–Crippen LogP) is 3.28. The molecular formula is C21H20N2O3. The standard InChI is InChI=1S/C21H20N2O3/c1-13-7-8-15(9-14(13)2)10-19(21(25)26)23-20(24)17-11-16-5-3-4-6-18(16)22-12-17/h3-9,11-12,19H,10H2,1-2H3,(H,23,24)(H,25,26)/t19-/m0/s1. The van der Waals surface area contributed by atoms with Crippen molar-refractivity contribution >= 4 is 22.8 Å². The Hall–Kier alpha value is -3.21. The van der Waals surface area contributed by atoms with Crippen molar-refractivity contribution in [1.82, 2.24) is 10.3 Å². The molecule has 0 unspecified atom stereocenters. The van der Waals surface area contributed by atoms with E-state index in [1.807, 2.05) is 56.3 Å². The monoisotopic (exact) mass is 348 g/mol. The lowest BCUT2D eigenvalue weighted by molar-refractivity contribution is -0.139. The molecule has 0 radical (unpaired) electrons. The number of carboxylic acids is 1. The van der Waals surface area contributed by atoms with Gasteiger partial charge >= 0.3 is 5.97 Å². The Morgan fingerprint density at radius 3 is 2.58 bits per heavy atom. The fraction of sp³-hybridized carbons (Fsp3) is 0.190. The molecular weight excluding hydrogens is 328 g/mol. The third-order valence-corrected chi connectivity index (χ3v) is 4.47. The number of para-hydroxylation sites is 1. The highest BCUT2D eigenvalue weighted by molar-refractivity contribution is 5.99. The van der Waals surface area contributed by atoms with Crippen LogP contribution in [0.3, 0.4) is 0 Å². The number of benzene rings is 2. The first-order chi connectivity index (χ1) is 12.4. The normalized spacial score (nSPS) is 11.9. The summed E-state index contributed by atoms with van der Waals surface area (Å²) in [6.07, 6.45) is 1.69. The van der Waals surface area contributed by atoms with E-state index in [0.29, 0.717) is 5.56 Å². The van der Waals surface area contributed by atoms with E-state index in [9.17, 15) is 14.7 Å². The van der Waals surface area contributed by atoms with Crippen LogP contribution in [-0.2, 0) is 11.2 Å². The quantitative estimate of drug-likeness (QED) is 0.742. The molecule has 3 aromatic rings. The van der Waals surface area contributed by atoms with Crippen molar-refractivity contribution in [1.29, 1.82) is 0 Å². The van der Waals surface area contributed by atoms with Gasteiger partial charge in [0.05, 0.1) is 11.1 Å². The molecule has 2 aromatic carbocycles. The molecule has 0 saturated carbocycles. The van der Waals surface area contributed by atoms with Crippen molar-refractivity contribution in [3.05, 3.63) is 77.0 Å². The maximum Gasteiger partial charge on any atom is 0.326 e. The molecule has 0 saturated heterocycles. The fourth-order valence-corrected chi connectivity index (χ4v) is 2.80. The average Bonchev–Trinajstić information content (AvgIpc) is 2.63. The van der Waals surface area contributed by atoms with Crippen LogP contribution in [0.15, 0.2) is 54.7 Å². The summed E-state index contributed by atoms with van der Waals surface area (Å²) in [7, 11) is 0. The number of rotatable bonds is 5. The van der Waals surface area contributed by atoms with Crippen molar-refractivity contribution in [3.8, 4) is 0 Å². The fourth-order valence-electron chi connectivity index (χ4n) is 2.80. The van der Waals surface area contributed by atoms with Crippen LogP contribution >= 0.6 is 0 Å². The molecule has 0 aliphatic carbocycles. The first-order valence-corrected chi connectivity index (χ1v) is 8.38. The summed E-state index contributed by atoms with van der Waals surface area (Å²) in [5.41, 5.74) is 4.24. The number of carboxylic acid groups (broad SMARTS) is 1. The second-order valence-corrected chi connectivity index (χ2v) is 6.40. The number of nitrogens with one attached hydrogen (secondary N) is 1. The Balaban J connectivity index is 1.78. The lowest BCUT2D eigenvalue weighted by Crippen LogP contribution is -2.42. The van der Waals surface area contributed by atoms with Gasteiger partial charge in [-0.25, -0.2) is 4.79 Å². The number of aromatic nitrogens is 1. The molecule has 0 fully saturated rings. The summed E-state index contributed by atoms with van der Waals surface area (Å²) in [6.45, 7) is 3.98. The van der Waals surface area contributed by atoms with Gasteiger partial charge in [-0.1, -0.05) is 36.4 Å². The van der Waals surface area contributed by atoms with E-state index in [1.165, 1.54) is 6.20 Å². The molecule has 0 bridgehead atoms. The van der Waals surface area contributed by atoms with Crippen LogP contribution in [-0.4, -0.2) is 28.0 Å². The molecule has 5 nitrogen and oxygen atoms in total. The Morgan fingerprint density at radius 2 is 1.85 bits per heavy atom. The van der Waals surface area contributed by atoms with Gasteiger partial charge in [0, 0.05) is 18.0 Å². The smallest absolute Gasteiger partial charge is 0.326 e. The van der Waals surface area contributed by atoms with Crippen LogP contribution in [0, 0.1) is 13.8 Å². The van der Waals surface area contributed by atoms with Crippen LogP contribution in [0.2, 0.25) is 0 Å². The Kier molecular flexibility index (Phi) is 4.98. The van der Waals surface area contributed by atoms with E-state index >= 15 is 0 Å². The molecule has 2 N–H and O–H groups in total. The largest absolute Gasteiger partial charge is 0.480 e. The lowest BCUT2D eigenvalue weighted by Gasteiger charge is -2.15. The molecule has 1 amide bonds. The van der Waals surface area contributed by atoms with E-state index in [1.54, 1.807) is 6.07 Å². The van der Waals surface area contributed by atoms with E-state index in [2.05, 4.69) is 10.3 Å². The van der Waals surface area contributed by atoms with Crippen molar-refractivity contribution in [2.24, 2.45) is 0 Å². The first-order valence-electron chi connectivity index (χ1n) is 8.38. The molecule has 26 heavy (non-hydrogen) atoms. The molecule has 1 atom stereocenters. The molecule has 132 valence electrons.